The maximum atomic E-state index is 12.7. The molecule has 3 N–H and O–H groups in total. The van der Waals surface area contributed by atoms with E-state index in [1.807, 2.05) is 18.2 Å². The first-order valence-electron chi connectivity index (χ1n) is 8.68. The number of benzene rings is 1. The summed E-state index contributed by atoms with van der Waals surface area (Å²) in [5, 5.41) is 15.6. The molecule has 0 heterocycles. The van der Waals surface area contributed by atoms with Gasteiger partial charge in [0.15, 0.2) is 0 Å². The van der Waals surface area contributed by atoms with E-state index >= 15 is 0 Å². The van der Waals surface area contributed by atoms with Crippen LogP contribution in [0.3, 0.4) is 0 Å². The lowest BCUT2D eigenvalue weighted by atomic mass is 9.86. The highest BCUT2D eigenvalue weighted by atomic mass is 16.3. The molecular formula is C19H26N2O3. The van der Waals surface area contributed by atoms with Crippen molar-refractivity contribution in [2.45, 2.75) is 63.6 Å². The second-order valence-corrected chi connectivity index (χ2v) is 7.74. The van der Waals surface area contributed by atoms with Crippen LogP contribution in [0.5, 0.6) is 0 Å². The van der Waals surface area contributed by atoms with E-state index in [1.165, 1.54) is 12.5 Å². The van der Waals surface area contributed by atoms with Crippen LogP contribution in [0.4, 0.5) is 0 Å². The van der Waals surface area contributed by atoms with Crippen LogP contribution in [0.15, 0.2) is 24.3 Å². The van der Waals surface area contributed by atoms with Gasteiger partial charge in [0.1, 0.15) is 6.04 Å². The molecule has 0 saturated heterocycles. The molecule has 2 amide bonds. The Bertz CT molecular complexity index is 650. The summed E-state index contributed by atoms with van der Waals surface area (Å²) in [5.41, 5.74) is 2.35. The van der Waals surface area contributed by atoms with Crippen LogP contribution < -0.4 is 10.6 Å². The number of aliphatic hydroxyl groups is 1. The molecule has 3 atom stereocenters. The van der Waals surface area contributed by atoms with E-state index in [0.717, 1.165) is 24.8 Å². The highest BCUT2D eigenvalue weighted by Crippen LogP contribution is 2.44. The molecule has 1 fully saturated rings. The Labute approximate surface area is 142 Å². The van der Waals surface area contributed by atoms with Gasteiger partial charge >= 0.3 is 0 Å². The van der Waals surface area contributed by atoms with Crippen LogP contribution in [0.2, 0.25) is 0 Å². The summed E-state index contributed by atoms with van der Waals surface area (Å²) in [6, 6.07) is 7.12. The van der Waals surface area contributed by atoms with Crippen LogP contribution in [0.1, 0.15) is 57.2 Å². The van der Waals surface area contributed by atoms with Gasteiger partial charge in [0.05, 0.1) is 12.1 Å². The zero-order chi connectivity index (χ0) is 17.5. The Morgan fingerprint density at radius 1 is 1.25 bits per heavy atom. The van der Waals surface area contributed by atoms with Gasteiger partial charge < -0.3 is 15.7 Å². The van der Waals surface area contributed by atoms with E-state index in [4.69, 9.17) is 0 Å². The summed E-state index contributed by atoms with van der Waals surface area (Å²) in [5.74, 6) is -0.454. The van der Waals surface area contributed by atoms with Crippen molar-refractivity contribution in [1.82, 2.24) is 10.6 Å². The molecule has 2 aliphatic carbocycles. The molecule has 2 aliphatic rings. The van der Waals surface area contributed by atoms with Gasteiger partial charge in [0, 0.05) is 5.92 Å². The van der Waals surface area contributed by atoms with E-state index in [0.29, 0.717) is 0 Å². The van der Waals surface area contributed by atoms with E-state index in [2.05, 4.69) is 30.5 Å². The van der Waals surface area contributed by atoms with Gasteiger partial charge in [-0.3, -0.25) is 9.59 Å². The molecule has 0 spiro atoms. The first-order chi connectivity index (χ1) is 11.3. The summed E-state index contributed by atoms with van der Waals surface area (Å²) in [4.78, 5) is 24.6. The van der Waals surface area contributed by atoms with Crippen molar-refractivity contribution < 1.29 is 14.7 Å². The summed E-state index contributed by atoms with van der Waals surface area (Å²) in [6.45, 7) is 5.86. The van der Waals surface area contributed by atoms with Crippen molar-refractivity contribution in [3.63, 3.8) is 0 Å². The van der Waals surface area contributed by atoms with Crippen molar-refractivity contribution in [3.8, 4) is 0 Å². The van der Waals surface area contributed by atoms with Crippen molar-refractivity contribution in [2.24, 2.45) is 5.92 Å². The third-order valence-corrected chi connectivity index (χ3v) is 5.11. The molecule has 0 aliphatic heterocycles. The molecule has 0 radical (unpaired) electrons. The fourth-order valence-corrected chi connectivity index (χ4v) is 3.56. The lowest BCUT2D eigenvalue weighted by Gasteiger charge is -2.24. The second kappa shape index (κ2) is 6.20. The minimum absolute atomic E-state index is 0.00481. The first-order valence-corrected chi connectivity index (χ1v) is 8.68. The number of hydrogen-bond acceptors (Lipinski definition) is 3. The predicted octanol–water partition coefficient (Wildman–Crippen LogP) is 1.80. The molecule has 5 nitrogen and oxygen atoms in total. The molecule has 0 bridgehead atoms. The quantitative estimate of drug-likeness (QED) is 0.770. The Kier molecular flexibility index (Phi) is 4.38. The van der Waals surface area contributed by atoms with Gasteiger partial charge in [-0.2, -0.15) is 0 Å². The Morgan fingerprint density at radius 3 is 2.54 bits per heavy atom. The van der Waals surface area contributed by atoms with Crippen molar-refractivity contribution in [3.05, 3.63) is 35.4 Å². The van der Waals surface area contributed by atoms with E-state index in [1.54, 1.807) is 0 Å². The molecule has 1 aromatic carbocycles. The van der Waals surface area contributed by atoms with Crippen molar-refractivity contribution >= 4 is 11.8 Å². The minimum Gasteiger partial charge on any atom is -0.391 e. The second-order valence-electron chi connectivity index (χ2n) is 7.74. The van der Waals surface area contributed by atoms with Gasteiger partial charge in [-0.05, 0) is 42.7 Å². The molecular weight excluding hydrogens is 304 g/mol. The zero-order valence-corrected chi connectivity index (χ0v) is 14.5. The number of hydrogen-bond donors (Lipinski definition) is 3. The van der Waals surface area contributed by atoms with Crippen LogP contribution >= 0.6 is 0 Å². The number of fused-ring (bicyclic) bond motifs is 1. The lowest BCUT2D eigenvalue weighted by Crippen LogP contribution is -2.53. The average Bonchev–Trinajstić information content (AvgIpc) is 3.32. The summed E-state index contributed by atoms with van der Waals surface area (Å²) < 4.78 is 0. The Hall–Kier alpha value is -1.88. The fraction of sp³-hybridized carbons (Fsp3) is 0.579. The van der Waals surface area contributed by atoms with Gasteiger partial charge in [-0.1, -0.05) is 38.1 Å². The number of carbonyl (C=O) groups excluding carboxylic acids is 2. The minimum atomic E-state index is -0.933. The first kappa shape index (κ1) is 17.0. The molecule has 0 aromatic heterocycles. The van der Waals surface area contributed by atoms with Gasteiger partial charge in [-0.25, -0.2) is 0 Å². The van der Waals surface area contributed by atoms with Crippen molar-refractivity contribution in [1.29, 1.82) is 0 Å². The summed E-state index contributed by atoms with van der Waals surface area (Å²) in [6.07, 6.45) is 1.60. The molecule has 3 unspecified atom stereocenters. The van der Waals surface area contributed by atoms with Crippen LogP contribution in [-0.2, 0) is 15.0 Å². The number of carbonyl (C=O) groups is 2. The van der Waals surface area contributed by atoms with Gasteiger partial charge in [0.2, 0.25) is 11.8 Å². The number of rotatable bonds is 5. The third-order valence-electron chi connectivity index (χ3n) is 5.11. The molecule has 24 heavy (non-hydrogen) atoms. The van der Waals surface area contributed by atoms with E-state index in [9.17, 15) is 14.7 Å². The third kappa shape index (κ3) is 3.31. The average molecular weight is 330 g/mol. The fourth-order valence-electron chi connectivity index (χ4n) is 3.56. The van der Waals surface area contributed by atoms with Gasteiger partial charge in [0.25, 0.3) is 0 Å². The highest BCUT2D eigenvalue weighted by molar-refractivity contribution is 5.90. The SMILES string of the molecule is CC(O)C(NC(=O)C1CC1)C(=O)NC1CC(C)(C)c2ccccc21. The van der Waals surface area contributed by atoms with E-state index < -0.39 is 12.1 Å². The maximum Gasteiger partial charge on any atom is 0.245 e. The molecule has 5 heteroatoms. The largest absolute Gasteiger partial charge is 0.391 e. The Morgan fingerprint density at radius 2 is 1.92 bits per heavy atom. The number of nitrogens with one attached hydrogen (secondary N) is 2. The molecule has 1 saturated carbocycles. The number of aliphatic hydroxyl groups excluding tert-OH is 1. The zero-order valence-electron chi connectivity index (χ0n) is 14.5. The smallest absolute Gasteiger partial charge is 0.245 e. The monoisotopic (exact) mass is 330 g/mol. The summed E-state index contributed by atoms with van der Waals surface area (Å²) in [7, 11) is 0. The molecule has 1 aromatic rings. The van der Waals surface area contributed by atoms with Gasteiger partial charge in [-0.15, -0.1) is 0 Å². The van der Waals surface area contributed by atoms with E-state index in [-0.39, 0.29) is 29.2 Å². The van der Waals surface area contributed by atoms with Crippen molar-refractivity contribution in [2.75, 3.05) is 0 Å². The van der Waals surface area contributed by atoms with Crippen LogP contribution in [0, 0.1) is 5.92 Å². The normalized spacial score (nSPS) is 23.9. The number of amides is 2. The Balaban J connectivity index is 1.72. The topological polar surface area (TPSA) is 78.4 Å². The molecule has 3 rings (SSSR count). The van der Waals surface area contributed by atoms with Crippen LogP contribution in [-0.4, -0.2) is 29.1 Å². The highest BCUT2D eigenvalue weighted by Gasteiger charge is 2.39. The van der Waals surface area contributed by atoms with Crippen LogP contribution in [0.25, 0.3) is 0 Å². The molecule has 130 valence electrons. The standard InChI is InChI=1S/C19H26N2O3/c1-11(22)16(21-17(23)12-8-9-12)18(24)20-15-10-19(2,3)14-7-5-4-6-13(14)15/h4-7,11-12,15-16,22H,8-10H2,1-3H3,(H,20,24)(H,21,23). The lowest BCUT2D eigenvalue weighted by molar-refractivity contribution is -0.132. The maximum absolute atomic E-state index is 12.7. The predicted molar refractivity (Wildman–Crippen MR) is 91.3 cm³/mol. The summed E-state index contributed by atoms with van der Waals surface area (Å²) >= 11 is 0.